The molecule has 112 valence electrons. The maximum absolute atomic E-state index is 13.2. The maximum atomic E-state index is 13.2. The minimum atomic E-state index is -4.34. The molecule has 0 spiro atoms. The molecule has 0 saturated heterocycles. The lowest BCUT2D eigenvalue weighted by Crippen LogP contribution is -2.34. The fraction of sp³-hybridized carbons (Fsp3) is 0.312. The first-order chi connectivity index (χ1) is 10.0. The Labute approximate surface area is 122 Å². The summed E-state index contributed by atoms with van der Waals surface area (Å²) in [6, 6.07) is 9.85. The molecule has 1 unspecified atom stereocenters. The molecule has 0 fully saturated rings. The fourth-order valence-electron chi connectivity index (χ4n) is 2.22. The van der Waals surface area contributed by atoms with Gasteiger partial charge in [-0.15, -0.1) is 0 Å². The Morgan fingerprint density at radius 3 is 2.43 bits per heavy atom. The molecule has 1 N–H and O–H groups in total. The summed E-state index contributed by atoms with van der Waals surface area (Å²) in [4.78, 5) is 4.17. The van der Waals surface area contributed by atoms with E-state index < -0.39 is 12.2 Å². The number of nitrogens with one attached hydrogen (secondary N) is 1. The second-order valence-electron chi connectivity index (χ2n) is 4.73. The number of aromatic nitrogens is 1. The lowest BCUT2D eigenvalue weighted by atomic mass is 10.1. The van der Waals surface area contributed by atoms with Gasteiger partial charge >= 0.3 is 6.18 Å². The van der Waals surface area contributed by atoms with E-state index in [2.05, 4.69) is 10.3 Å². The molecule has 1 atom stereocenters. The van der Waals surface area contributed by atoms with Crippen molar-refractivity contribution >= 4 is 0 Å². The predicted octanol–water partition coefficient (Wildman–Crippen LogP) is 4.04. The van der Waals surface area contributed by atoms with Crippen LogP contribution in [0.1, 0.15) is 29.8 Å². The molecule has 5 heteroatoms. The molecule has 1 aromatic heterocycles. The second-order valence-corrected chi connectivity index (χ2v) is 4.73. The molecule has 21 heavy (non-hydrogen) atoms. The van der Waals surface area contributed by atoms with Crippen LogP contribution in [0.2, 0.25) is 0 Å². The summed E-state index contributed by atoms with van der Waals surface area (Å²) in [5.41, 5.74) is 1.82. The van der Waals surface area contributed by atoms with Crippen LogP contribution in [-0.2, 0) is 13.0 Å². The molecule has 0 saturated carbocycles. The molecule has 0 radical (unpaired) electrons. The van der Waals surface area contributed by atoms with Crippen molar-refractivity contribution in [2.75, 3.05) is 0 Å². The van der Waals surface area contributed by atoms with Gasteiger partial charge in [0.1, 0.15) is 6.04 Å². The van der Waals surface area contributed by atoms with Crippen molar-refractivity contribution in [3.05, 3.63) is 65.5 Å². The molecule has 2 aromatic rings. The summed E-state index contributed by atoms with van der Waals surface area (Å²) in [5.74, 6) is 0. The zero-order chi connectivity index (χ0) is 15.3. The highest BCUT2D eigenvalue weighted by atomic mass is 19.4. The number of pyridine rings is 1. The van der Waals surface area contributed by atoms with Gasteiger partial charge in [-0.2, -0.15) is 13.2 Å². The van der Waals surface area contributed by atoms with Gasteiger partial charge in [0.25, 0.3) is 0 Å². The van der Waals surface area contributed by atoms with E-state index >= 15 is 0 Å². The number of nitrogens with zero attached hydrogens (tertiary/aromatic N) is 1. The first-order valence-electron chi connectivity index (χ1n) is 6.80. The Kier molecular flexibility index (Phi) is 4.96. The summed E-state index contributed by atoms with van der Waals surface area (Å²) in [5, 5.41) is 2.58. The third-order valence-electron chi connectivity index (χ3n) is 3.30. The predicted molar refractivity (Wildman–Crippen MR) is 75.7 cm³/mol. The highest BCUT2D eigenvalue weighted by Gasteiger charge is 2.40. The largest absolute Gasteiger partial charge is 0.407 e. The van der Waals surface area contributed by atoms with Gasteiger partial charge in [-0.1, -0.05) is 43.3 Å². The Bertz CT molecular complexity index is 567. The summed E-state index contributed by atoms with van der Waals surface area (Å²) in [7, 11) is 0. The quantitative estimate of drug-likeness (QED) is 0.900. The third-order valence-corrected chi connectivity index (χ3v) is 3.30. The van der Waals surface area contributed by atoms with Crippen LogP contribution in [0.3, 0.4) is 0 Å². The topological polar surface area (TPSA) is 24.9 Å². The minimum absolute atomic E-state index is 0.0864. The SMILES string of the molecule is CCc1cccnc1CNC(c1ccccc1)C(F)(F)F. The number of hydrogen-bond donors (Lipinski definition) is 1. The van der Waals surface area contributed by atoms with Crippen molar-refractivity contribution in [1.82, 2.24) is 10.3 Å². The smallest absolute Gasteiger partial charge is 0.297 e. The van der Waals surface area contributed by atoms with E-state index in [0.29, 0.717) is 5.69 Å². The van der Waals surface area contributed by atoms with Crippen LogP contribution < -0.4 is 5.32 Å². The van der Waals surface area contributed by atoms with Crippen LogP contribution in [0.5, 0.6) is 0 Å². The van der Waals surface area contributed by atoms with E-state index in [-0.39, 0.29) is 12.1 Å². The van der Waals surface area contributed by atoms with E-state index in [0.717, 1.165) is 12.0 Å². The minimum Gasteiger partial charge on any atom is -0.297 e. The van der Waals surface area contributed by atoms with Crippen molar-refractivity contribution in [3.63, 3.8) is 0 Å². The molecule has 1 aromatic carbocycles. The lowest BCUT2D eigenvalue weighted by Gasteiger charge is -2.22. The maximum Gasteiger partial charge on any atom is 0.407 e. The van der Waals surface area contributed by atoms with Gasteiger partial charge in [-0.25, -0.2) is 0 Å². The van der Waals surface area contributed by atoms with Crippen molar-refractivity contribution < 1.29 is 13.2 Å². The van der Waals surface area contributed by atoms with Crippen LogP contribution in [-0.4, -0.2) is 11.2 Å². The van der Waals surface area contributed by atoms with Gasteiger partial charge < -0.3 is 0 Å². The monoisotopic (exact) mass is 294 g/mol. The van der Waals surface area contributed by atoms with E-state index in [1.165, 1.54) is 12.1 Å². The van der Waals surface area contributed by atoms with E-state index in [9.17, 15) is 13.2 Å². The Balaban J connectivity index is 2.17. The molecule has 0 aliphatic carbocycles. The van der Waals surface area contributed by atoms with Gasteiger partial charge in [0.2, 0.25) is 0 Å². The zero-order valence-electron chi connectivity index (χ0n) is 11.7. The first-order valence-corrected chi connectivity index (χ1v) is 6.80. The van der Waals surface area contributed by atoms with Crippen molar-refractivity contribution in [2.24, 2.45) is 0 Å². The molecule has 0 amide bonds. The molecule has 2 rings (SSSR count). The summed E-state index contributed by atoms with van der Waals surface area (Å²) in [6.07, 6.45) is -2.00. The summed E-state index contributed by atoms with van der Waals surface area (Å²) < 4.78 is 39.6. The molecule has 0 aliphatic heterocycles. The Morgan fingerprint density at radius 1 is 1.10 bits per heavy atom. The van der Waals surface area contributed by atoms with E-state index in [1.807, 2.05) is 13.0 Å². The number of halogens is 3. The van der Waals surface area contributed by atoms with Crippen molar-refractivity contribution in [3.8, 4) is 0 Å². The number of rotatable bonds is 5. The Morgan fingerprint density at radius 2 is 1.81 bits per heavy atom. The average molecular weight is 294 g/mol. The van der Waals surface area contributed by atoms with Crippen LogP contribution in [0.4, 0.5) is 13.2 Å². The lowest BCUT2D eigenvalue weighted by molar-refractivity contribution is -0.158. The van der Waals surface area contributed by atoms with Gasteiger partial charge in [0, 0.05) is 12.7 Å². The van der Waals surface area contributed by atoms with Crippen LogP contribution in [0, 0.1) is 0 Å². The van der Waals surface area contributed by atoms with Gasteiger partial charge in [-0.05, 0) is 23.6 Å². The van der Waals surface area contributed by atoms with Crippen molar-refractivity contribution in [2.45, 2.75) is 32.1 Å². The number of alkyl halides is 3. The number of hydrogen-bond acceptors (Lipinski definition) is 2. The van der Waals surface area contributed by atoms with Crippen LogP contribution in [0.15, 0.2) is 48.7 Å². The fourth-order valence-corrected chi connectivity index (χ4v) is 2.22. The summed E-state index contributed by atoms with van der Waals surface area (Å²) in [6.45, 7) is 2.04. The number of aryl methyl sites for hydroxylation is 1. The van der Waals surface area contributed by atoms with Crippen molar-refractivity contribution in [1.29, 1.82) is 0 Å². The van der Waals surface area contributed by atoms with Crippen LogP contribution >= 0.6 is 0 Å². The van der Waals surface area contributed by atoms with E-state index in [1.54, 1.807) is 30.5 Å². The highest BCUT2D eigenvalue weighted by Crippen LogP contribution is 2.32. The zero-order valence-corrected chi connectivity index (χ0v) is 11.7. The molecule has 1 heterocycles. The summed E-state index contributed by atoms with van der Waals surface area (Å²) >= 11 is 0. The van der Waals surface area contributed by atoms with Gasteiger partial charge in [0.15, 0.2) is 0 Å². The van der Waals surface area contributed by atoms with E-state index in [4.69, 9.17) is 0 Å². The first kappa shape index (κ1) is 15.5. The average Bonchev–Trinajstić information content (AvgIpc) is 2.47. The molecule has 0 bridgehead atoms. The number of benzene rings is 1. The molecular weight excluding hydrogens is 277 g/mol. The highest BCUT2D eigenvalue weighted by molar-refractivity contribution is 5.22. The molecular formula is C16H17F3N2. The van der Waals surface area contributed by atoms with Gasteiger partial charge in [-0.3, -0.25) is 10.3 Å². The normalized spacial score (nSPS) is 13.1. The molecule has 2 nitrogen and oxygen atoms in total. The standard InChI is InChI=1S/C16H17F3N2/c1-2-12-9-6-10-20-14(12)11-21-15(16(17,18)19)13-7-4-3-5-8-13/h3-10,15,21H,2,11H2,1H3. The van der Waals surface area contributed by atoms with Gasteiger partial charge in [0.05, 0.1) is 5.69 Å². The Hall–Kier alpha value is -1.88. The second kappa shape index (κ2) is 6.72. The van der Waals surface area contributed by atoms with Crippen LogP contribution in [0.25, 0.3) is 0 Å². The third kappa shape index (κ3) is 4.04. The molecule has 0 aliphatic rings.